The van der Waals surface area contributed by atoms with E-state index in [0.717, 1.165) is 6.42 Å². The van der Waals surface area contributed by atoms with Gasteiger partial charge in [-0.3, -0.25) is 4.79 Å². The number of rotatable bonds is 3. The highest BCUT2D eigenvalue weighted by atomic mass is 19.1. The Balaban J connectivity index is 4.20. The van der Waals surface area contributed by atoms with Gasteiger partial charge in [0.25, 0.3) is 5.91 Å². The van der Waals surface area contributed by atoms with Crippen molar-refractivity contribution in [2.75, 3.05) is 0 Å². The highest BCUT2D eigenvalue weighted by Gasteiger charge is 2.30. The second-order valence-electron chi connectivity index (χ2n) is 4.16. The number of nitrogens with one attached hydrogen (secondary N) is 1. The first-order chi connectivity index (χ1) is 5.19. The summed E-state index contributed by atoms with van der Waals surface area (Å²) in [7, 11) is 0. The van der Waals surface area contributed by atoms with Crippen molar-refractivity contribution in [2.24, 2.45) is 0 Å². The van der Waals surface area contributed by atoms with Gasteiger partial charge in [0.05, 0.1) is 0 Å². The van der Waals surface area contributed by atoms with Crippen molar-refractivity contribution in [3.8, 4) is 0 Å². The van der Waals surface area contributed by atoms with E-state index in [-0.39, 0.29) is 5.54 Å². The van der Waals surface area contributed by atoms with Crippen molar-refractivity contribution in [1.82, 2.24) is 5.32 Å². The lowest BCUT2D eigenvalue weighted by Gasteiger charge is -2.27. The van der Waals surface area contributed by atoms with Crippen LogP contribution in [0.4, 0.5) is 4.39 Å². The van der Waals surface area contributed by atoms with Crippen LogP contribution in [-0.4, -0.2) is 17.1 Å². The van der Waals surface area contributed by atoms with Crippen molar-refractivity contribution in [1.29, 1.82) is 0 Å². The first-order valence-electron chi connectivity index (χ1n) is 4.20. The fraction of sp³-hybridized carbons (Fsp3) is 0.889. The molecular weight excluding hydrogens is 157 g/mol. The second-order valence-corrected chi connectivity index (χ2v) is 4.16. The molecule has 0 rings (SSSR count). The maximum atomic E-state index is 13.0. The molecule has 0 bridgehead atoms. The summed E-state index contributed by atoms with van der Waals surface area (Å²) in [5.74, 6) is -0.547. The zero-order valence-electron chi connectivity index (χ0n) is 8.49. The third-order valence-electron chi connectivity index (χ3n) is 1.88. The fourth-order valence-corrected chi connectivity index (χ4v) is 0.544. The van der Waals surface area contributed by atoms with E-state index in [4.69, 9.17) is 0 Å². The molecule has 0 saturated carbocycles. The quantitative estimate of drug-likeness (QED) is 0.698. The summed E-state index contributed by atoms with van der Waals surface area (Å²) in [5.41, 5.74) is -2.10. The molecule has 0 aromatic heterocycles. The Kier molecular flexibility index (Phi) is 3.25. The standard InChI is InChI=1S/C9H18FNO/c1-6-8(2,3)11-7(12)9(4,5)10/h6H2,1-5H3,(H,11,12). The van der Waals surface area contributed by atoms with Crippen molar-refractivity contribution in [2.45, 2.75) is 52.2 Å². The van der Waals surface area contributed by atoms with Crippen LogP contribution in [0.1, 0.15) is 41.0 Å². The first-order valence-corrected chi connectivity index (χ1v) is 4.20. The lowest BCUT2D eigenvalue weighted by Crippen LogP contribution is -2.49. The molecule has 0 spiro atoms. The maximum absolute atomic E-state index is 13.0. The van der Waals surface area contributed by atoms with Crippen LogP contribution in [0.2, 0.25) is 0 Å². The summed E-state index contributed by atoms with van der Waals surface area (Å²) in [4.78, 5) is 11.2. The van der Waals surface area contributed by atoms with Crippen LogP contribution in [-0.2, 0) is 4.79 Å². The molecule has 0 saturated heterocycles. The van der Waals surface area contributed by atoms with E-state index < -0.39 is 11.6 Å². The SMILES string of the molecule is CCC(C)(C)NC(=O)C(C)(C)F. The van der Waals surface area contributed by atoms with Gasteiger partial charge in [0.15, 0.2) is 5.67 Å². The van der Waals surface area contributed by atoms with Gasteiger partial charge < -0.3 is 5.32 Å². The molecule has 1 N–H and O–H groups in total. The predicted molar refractivity (Wildman–Crippen MR) is 47.7 cm³/mol. The smallest absolute Gasteiger partial charge is 0.257 e. The van der Waals surface area contributed by atoms with Gasteiger partial charge in [-0.2, -0.15) is 0 Å². The topological polar surface area (TPSA) is 29.1 Å². The molecule has 0 unspecified atom stereocenters. The minimum absolute atomic E-state index is 0.319. The fourth-order valence-electron chi connectivity index (χ4n) is 0.544. The molecule has 0 aliphatic heterocycles. The normalized spacial score (nSPS) is 12.8. The maximum Gasteiger partial charge on any atom is 0.257 e. The number of amides is 1. The van der Waals surface area contributed by atoms with Gasteiger partial charge in [0.2, 0.25) is 0 Å². The molecule has 0 aliphatic carbocycles. The van der Waals surface area contributed by atoms with Crippen molar-refractivity contribution < 1.29 is 9.18 Å². The molecule has 72 valence electrons. The zero-order valence-corrected chi connectivity index (χ0v) is 8.49. The number of carbonyl (C=O) groups excluding carboxylic acids is 1. The number of hydrogen-bond acceptors (Lipinski definition) is 1. The average Bonchev–Trinajstić information content (AvgIpc) is 1.85. The molecule has 3 heteroatoms. The van der Waals surface area contributed by atoms with E-state index >= 15 is 0 Å². The van der Waals surface area contributed by atoms with Gasteiger partial charge >= 0.3 is 0 Å². The van der Waals surface area contributed by atoms with E-state index in [0.29, 0.717) is 0 Å². The van der Waals surface area contributed by atoms with Gasteiger partial charge in [-0.05, 0) is 34.1 Å². The summed E-state index contributed by atoms with van der Waals surface area (Å²) in [6, 6.07) is 0. The molecular formula is C9H18FNO. The van der Waals surface area contributed by atoms with Crippen molar-refractivity contribution in [3.05, 3.63) is 0 Å². The predicted octanol–water partition coefficient (Wildman–Crippen LogP) is 2.04. The lowest BCUT2D eigenvalue weighted by molar-refractivity contribution is -0.132. The third kappa shape index (κ3) is 3.69. The second kappa shape index (κ2) is 3.42. The minimum Gasteiger partial charge on any atom is -0.348 e. The van der Waals surface area contributed by atoms with Crippen LogP contribution in [0.3, 0.4) is 0 Å². The summed E-state index contributed by atoms with van der Waals surface area (Å²) in [6.45, 7) is 8.21. The Morgan fingerprint density at radius 1 is 1.33 bits per heavy atom. The molecule has 0 aliphatic rings. The van der Waals surface area contributed by atoms with Crippen LogP contribution < -0.4 is 5.32 Å². The van der Waals surface area contributed by atoms with E-state index in [2.05, 4.69) is 5.32 Å². The van der Waals surface area contributed by atoms with E-state index in [1.807, 2.05) is 20.8 Å². The zero-order chi connectivity index (χ0) is 9.99. The molecule has 0 aromatic carbocycles. The van der Waals surface area contributed by atoms with Crippen LogP contribution in [0, 0.1) is 0 Å². The summed E-state index contributed by atoms with van der Waals surface area (Å²) in [5, 5.41) is 2.63. The van der Waals surface area contributed by atoms with Gasteiger partial charge in [0, 0.05) is 5.54 Å². The first kappa shape index (κ1) is 11.4. The molecule has 0 aromatic rings. The Labute approximate surface area is 73.5 Å². The highest BCUT2D eigenvalue weighted by Crippen LogP contribution is 2.13. The molecule has 0 radical (unpaired) electrons. The third-order valence-corrected chi connectivity index (χ3v) is 1.88. The van der Waals surface area contributed by atoms with E-state index in [1.165, 1.54) is 13.8 Å². The number of hydrogen-bond donors (Lipinski definition) is 1. The number of carbonyl (C=O) groups is 1. The molecule has 0 heterocycles. The van der Waals surface area contributed by atoms with Crippen LogP contribution in [0.15, 0.2) is 0 Å². The lowest BCUT2D eigenvalue weighted by atomic mass is 10.0. The van der Waals surface area contributed by atoms with Gasteiger partial charge in [-0.25, -0.2) is 4.39 Å². The van der Waals surface area contributed by atoms with Crippen molar-refractivity contribution >= 4 is 5.91 Å². The Morgan fingerprint density at radius 3 is 2.00 bits per heavy atom. The molecule has 12 heavy (non-hydrogen) atoms. The van der Waals surface area contributed by atoms with Gasteiger partial charge in [0.1, 0.15) is 0 Å². The Hall–Kier alpha value is -0.600. The molecule has 1 amide bonds. The minimum atomic E-state index is -1.79. The largest absolute Gasteiger partial charge is 0.348 e. The number of halogens is 1. The number of alkyl halides is 1. The summed E-state index contributed by atoms with van der Waals surface area (Å²) >= 11 is 0. The Bertz CT molecular complexity index is 170. The Morgan fingerprint density at radius 2 is 1.75 bits per heavy atom. The van der Waals surface area contributed by atoms with E-state index in [9.17, 15) is 9.18 Å². The van der Waals surface area contributed by atoms with Gasteiger partial charge in [-0.1, -0.05) is 6.92 Å². The monoisotopic (exact) mass is 175 g/mol. The van der Waals surface area contributed by atoms with Gasteiger partial charge in [-0.15, -0.1) is 0 Å². The van der Waals surface area contributed by atoms with Crippen LogP contribution in [0.25, 0.3) is 0 Å². The van der Waals surface area contributed by atoms with Crippen molar-refractivity contribution in [3.63, 3.8) is 0 Å². The van der Waals surface area contributed by atoms with Crippen LogP contribution >= 0.6 is 0 Å². The van der Waals surface area contributed by atoms with Crippen LogP contribution in [0.5, 0.6) is 0 Å². The molecule has 0 fully saturated rings. The van der Waals surface area contributed by atoms with E-state index in [1.54, 1.807) is 0 Å². The molecule has 0 atom stereocenters. The average molecular weight is 175 g/mol. The summed E-state index contributed by atoms with van der Waals surface area (Å²) < 4.78 is 13.0. The summed E-state index contributed by atoms with van der Waals surface area (Å²) in [6.07, 6.45) is 0.787. The molecule has 2 nitrogen and oxygen atoms in total. The highest BCUT2D eigenvalue weighted by molar-refractivity contribution is 5.84.